The minimum absolute atomic E-state index is 0.0206. The number of nitrogens with one attached hydrogen (secondary N) is 1. The maximum absolute atomic E-state index is 12.7. The number of piperidine rings is 1. The molecule has 0 aliphatic carbocycles. The Hall–Kier alpha value is -2.58. The molecule has 0 bridgehead atoms. The van der Waals surface area contributed by atoms with Gasteiger partial charge in [0.15, 0.2) is 0 Å². The highest BCUT2D eigenvalue weighted by molar-refractivity contribution is 7.88. The first-order valence-corrected chi connectivity index (χ1v) is 11.5. The number of methoxy groups -OCH3 is 2. The molecule has 0 unspecified atom stereocenters. The minimum atomic E-state index is -3.41. The van der Waals surface area contributed by atoms with Gasteiger partial charge in [0.05, 0.1) is 25.7 Å². The second-order valence-corrected chi connectivity index (χ2v) is 9.44. The fraction of sp³-hybridized carbons (Fsp3) is 0.409. The van der Waals surface area contributed by atoms with Crippen molar-refractivity contribution in [3.8, 4) is 11.5 Å². The van der Waals surface area contributed by atoms with Crippen LogP contribution in [0.4, 0.5) is 5.69 Å². The van der Waals surface area contributed by atoms with Gasteiger partial charge in [0, 0.05) is 25.1 Å². The molecular formula is C22H28N2O5S. The van der Waals surface area contributed by atoms with E-state index in [1.54, 1.807) is 25.3 Å². The number of rotatable bonds is 7. The van der Waals surface area contributed by atoms with Gasteiger partial charge in [0.1, 0.15) is 11.5 Å². The molecule has 2 aromatic carbocycles. The van der Waals surface area contributed by atoms with Crippen LogP contribution in [0.25, 0.3) is 0 Å². The molecule has 1 N–H and O–H groups in total. The Morgan fingerprint density at radius 2 is 1.73 bits per heavy atom. The summed E-state index contributed by atoms with van der Waals surface area (Å²) in [4.78, 5) is 12.7. The van der Waals surface area contributed by atoms with Crippen LogP contribution in [0.1, 0.15) is 24.0 Å². The zero-order valence-corrected chi connectivity index (χ0v) is 18.4. The summed E-state index contributed by atoms with van der Waals surface area (Å²) in [5.74, 6) is 0.752. The monoisotopic (exact) mass is 432 g/mol. The number of hydrogen-bond acceptors (Lipinski definition) is 5. The van der Waals surface area contributed by atoms with Crippen LogP contribution in [0, 0.1) is 12.8 Å². The smallest absolute Gasteiger partial charge is 0.227 e. The van der Waals surface area contributed by atoms with Crippen molar-refractivity contribution in [3.63, 3.8) is 0 Å². The van der Waals surface area contributed by atoms with Crippen LogP contribution in [0.5, 0.6) is 11.5 Å². The largest absolute Gasteiger partial charge is 0.497 e. The van der Waals surface area contributed by atoms with E-state index in [-0.39, 0.29) is 17.6 Å². The lowest BCUT2D eigenvalue weighted by molar-refractivity contribution is -0.120. The van der Waals surface area contributed by atoms with Crippen LogP contribution in [0.3, 0.4) is 0 Å². The summed E-state index contributed by atoms with van der Waals surface area (Å²) in [5.41, 5.74) is 2.43. The van der Waals surface area contributed by atoms with Gasteiger partial charge >= 0.3 is 0 Å². The van der Waals surface area contributed by atoms with Crippen LogP contribution in [-0.2, 0) is 20.6 Å². The molecule has 0 radical (unpaired) electrons. The van der Waals surface area contributed by atoms with Crippen LogP contribution in [0.2, 0.25) is 0 Å². The number of anilines is 1. The van der Waals surface area contributed by atoms with Gasteiger partial charge in [-0.2, -0.15) is 0 Å². The van der Waals surface area contributed by atoms with E-state index < -0.39 is 10.0 Å². The third-order valence-electron chi connectivity index (χ3n) is 5.35. The molecule has 1 saturated heterocycles. The zero-order valence-electron chi connectivity index (χ0n) is 17.6. The summed E-state index contributed by atoms with van der Waals surface area (Å²) in [6.07, 6.45) is 0.967. The van der Waals surface area contributed by atoms with E-state index in [0.29, 0.717) is 43.1 Å². The molecule has 0 saturated carbocycles. The van der Waals surface area contributed by atoms with Crippen molar-refractivity contribution in [1.82, 2.24) is 4.31 Å². The number of ether oxygens (including phenoxy) is 2. The maximum atomic E-state index is 12.7. The number of benzene rings is 2. The van der Waals surface area contributed by atoms with Gasteiger partial charge in [0.25, 0.3) is 0 Å². The van der Waals surface area contributed by atoms with Crippen molar-refractivity contribution in [2.24, 2.45) is 5.92 Å². The van der Waals surface area contributed by atoms with E-state index in [2.05, 4.69) is 5.32 Å². The lowest BCUT2D eigenvalue weighted by atomic mass is 9.97. The van der Waals surface area contributed by atoms with Gasteiger partial charge in [-0.25, -0.2) is 12.7 Å². The second-order valence-electron chi connectivity index (χ2n) is 7.47. The summed E-state index contributed by atoms with van der Waals surface area (Å²) >= 11 is 0. The van der Waals surface area contributed by atoms with E-state index in [1.807, 2.05) is 31.2 Å². The van der Waals surface area contributed by atoms with Gasteiger partial charge in [0.2, 0.25) is 15.9 Å². The molecule has 1 aliphatic rings. The summed E-state index contributed by atoms with van der Waals surface area (Å²) < 4.78 is 37.5. The molecule has 0 atom stereocenters. The fourth-order valence-corrected chi connectivity index (χ4v) is 5.08. The Morgan fingerprint density at radius 3 is 2.33 bits per heavy atom. The first-order valence-electron chi connectivity index (χ1n) is 9.88. The standard InChI is InChI=1S/C22H28N2O5S/c1-16-4-6-17(7-5-16)15-30(26,27)24-12-10-18(11-13-24)22(25)23-20-9-8-19(28-2)14-21(20)29-3/h4-9,14,18H,10-13,15H2,1-3H3,(H,23,25). The number of nitrogens with zero attached hydrogens (tertiary/aromatic N) is 1. The van der Waals surface area contributed by atoms with Crippen LogP contribution in [0.15, 0.2) is 42.5 Å². The van der Waals surface area contributed by atoms with Crippen molar-refractivity contribution < 1.29 is 22.7 Å². The second kappa shape index (κ2) is 9.49. The Morgan fingerprint density at radius 1 is 1.07 bits per heavy atom. The number of aryl methyl sites for hydroxylation is 1. The predicted octanol–water partition coefficient (Wildman–Crippen LogP) is 3.19. The van der Waals surface area contributed by atoms with Gasteiger partial charge in [-0.15, -0.1) is 0 Å². The first-order chi connectivity index (χ1) is 14.3. The third-order valence-corrected chi connectivity index (χ3v) is 7.20. The van der Waals surface area contributed by atoms with Gasteiger partial charge in [-0.3, -0.25) is 4.79 Å². The lowest BCUT2D eigenvalue weighted by Gasteiger charge is -2.30. The normalized spacial score (nSPS) is 15.6. The van der Waals surface area contributed by atoms with Crippen molar-refractivity contribution in [1.29, 1.82) is 0 Å². The van der Waals surface area contributed by atoms with E-state index in [1.165, 1.54) is 11.4 Å². The Balaban J connectivity index is 1.58. The number of hydrogen-bond donors (Lipinski definition) is 1. The fourth-order valence-electron chi connectivity index (χ4n) is 3.52. The number of sulfonamides is 1. The summed E-state index contributed by atoms with van der Waals surface area (Å²) in [6.45, 7) is 2.65. The maximum Gasteiger partial charge on any atom is 0.227 e. The molecule has 30 heavy (non-hydrogen) atoms. The molecule has 3 rings (SSSR count). The molecule has 2 aromatic rings. The summed E-state index contributed by atoms with van der Waals surface area (Å²) in [7, 11) is -0.315. The molecule has 162 valence electrons. The Labute approximate surface area is 178 Å². The van der Waals surface area contributed by atoms with E-state index >= 15 is 0 Å². The van der Waals surface area contributed by atoms with Crippen LogP contribution >= 0.6 is 0 Å². The minimum Gasteiger partial charge on any atom is -0.497 e. The lowest BCUT2D eigenvalue weighted by Crippen LogP contribution is -2.41. The van der Waals surface area contributed by atoms with Crippen molar-refractivity contribution in [2.45, 2.75) is 25.5 Å². The van der Waals surface area contributed by atoms with Gasteiger partial charge in [-0.05, 0) is 37.5 Å². The van der Waals surface area contributed by atoms with Gasteiger partial charge < -0.3 is 14.8 Å². The molecular weight excluding hydrogens is 404 g/mol. The van der Waals surface area contributed by atoms with Crippen molar-refractivity contribution >= 4 is 21.6 Å². The van der Waals surface area contributed by atoms with E-state index in [9.17, 15) is 13.2 Å². The van der Waals surface area contributed by atoms with Crippen molar-refractivity contribution in [2.75, 3.05) is 32.6 Å². The highest BCUT2D eigenvalue weighted by atomic mass is 32.2. The molecule has 0 spiro atoms. The third kappa shape index (κ3) is 5.31. The van der Waals surface area contributed by atoms with Crippen molar-refractivity contribution in [3.05, 3.63) is 53.6 Å². The predicted molar refractivity (Wildman–Crippen MR) is 116 cm³/mol. The van der Waals surface area contributed by atoms with Crippen LogP contribution in [-0.4, -0.2) is 45.9 Å². The molecule has 7 nitrogen and oxygen atoms in total. The number of carbonyl (C=O) groups excluding carboxylic acids is 1. The van der Waals surface area contributed by atoms with E-state index in [0.717, 1.165) is 11.1 Å². The topological polar surface area (TPSA) is 84.9 Å². The molecule has 0 aromatic heterocycles. The zero-order chi connectivity index (χ0) is 21.7. The van der Waals surface area contributed by atoms with Crippen LogP contribution < -0.4 is 14.8 Å². The number of amides is 1. The molecule has 1 heterocycles. The van der Waals surface area contributed by atoms with E-state index in [4.69, 9.17) is 9.47 Å². The molecule has 1 aliphatic heterocycles. The SMILES string of the molecule is COc1ccc(NC(=O)C2CCN(S(=O)(=O)Cc3ccc(C)cc3)CC2)c(OC)c1. The molecule has 1 amide bonds. The first kappa shape index (κ1) is 22.1. The summed E-state index contributed by atoms with van der Waals surface area (Å²) in [5, 5.41) is 2.89. The average Bonchev–Trinajstić information content (AvgIpc) is 2.75. The highest BCUT2D eigenvalue weighted by Gasteiger charge is 2.31. The highest BCUT2D eigenvalue weighted by Crippen LogP contribution is 2.30. The Bertz CT molecular complexity index is 981. The number of carbonyl (C=O) groups is 1. The Kier molecular flexibility index (Phi) is 6.99. The average molecular weight is 433 g/mol. The molecule has 1 fully saturated rings. The quantitative estimate of drug-likeness (QED) is 0.726. The molecule has 8 heteroatoms. The summed E-state index contributed by atoms with van der Waals surface area (Å²) in [6, 6.07) is 12.7. The van der Waals surface area contributed by atoms with Gasteiger partial charge in [-0.1, -0.05) is 29.8 Å².